The zero-order valence-electron chi connectivity index (χ0n) is 9.58. The molecule has 0 unspecified atom stereocenters. The molecular weight excluding hydrogens is 186 g/mol. The Hall–Kier alpha value is -0.830. The van der Waals surface area contributed by atoms with E-state index in [1.807, 2.05) is 0 Å². The van der Waals surface area contributed by atoms with Gasteiger partial charge in [0, 0.05) is 37.2 Å². The average Bonchev–Trinajstić information content (AvgIpc) is 2.98. The van der Waals surface area contributed by atoms with E-state index in [1.165, 1.54) is 30.1 Å². The molecule has 0 bridgehead atoms. The van der Waals surface area contributed by atoms with Crippen molar-refractivity contribution in [3.8, 4) is 0 Å². The first-order valence-electron chi connectivity index (χ1n) is 6.08. The van der Waals surface area contributed by atoms with Gasteiger partial charge in [-0.3, -0.25) is 0 Å². The van der Waals surface area contributed by atoms with Crippen LogP contribution in [-0.2, 0) is 13.0 Å². The molecular formula is C12H19N3. The van der Waals surface area contributed by atoms with Crippen molar-refractivity contribution in [3.63, 3.8) is 0 Å². The van der Waals surface area contributed by atoms with E-state index < -0.39 is 0 Å². The van der Waals surface area contributed by atoms with E-state index in [9.17, 15) is 0 Å². The zero-order valence-corrected chi connectivity index (χ0v) is 9.58. The summed E-state index contributed by atoms with van der Waals surface area (Å²) in [5.74, 6) is 2.12. The van der Waals surface area contributed by atoms with E-state index in [0.29, 0.717) is 6.04 Å². The van der Waals surface area contributed by atoms with Crippen molar-refractivity contribution in [2.24, 2.45) is 0 Å². The molecule has 1 aromatic rings. The molecule has 82 valence electrons. The van der Waals surface area contributed by atoms with Crippen LogP contribution in [0.2, 0.25) is 0 Å². The van der Waals surface area contributed by atoms with Crippen LogP contribution in [0.25, 0.3) is 0 Å². The molecule has 0 saturated heterocycles. The maximum absolute atomic E-state index is 4.83. The Morgan fingerprint density at radius 1 is 1.40 bits per heavy atom. The Kier molecular flexibility index (Phi) is 2.09. The Balaban J connectivity index is 2.09. The fourth-order valence-corrected chi connectivity index (χ4v) is 2.56. The molecule has 0 atom stereocenters. The van der Waals surface area contributed by atoms with E-state index in [4.69, 9.17) is 4.98 Å². The fraction of sp³-hybridized carbons (Fsp3) is 0.750. The van der Waals surface area contributed by atoms with Gasteiger partial charge in [0.25, 0.3) is 0 Å². The number of hydrogen-bond donors (Lipinski definition) is 1. The van der Waals surface area contributed by atoms with Crippen LogP contribution in [0, 0.1) is 0 Å². The highest BCUT2D eigenvalue weighted by atomic mass is 15.1. The minimum Gasteiger partial charge on any atom is -0.329 e. The van der Waals surface area contributed by atoms with Gasteiger partial charge in [-0.2, -0.15) is 0 Å². The SMILES string of the molecule is CC(C)n1c(C2CC2)nc2c1CCNC2. The van der Waals surface area contributed by atoms with Crippen LogP contribution in [0.15, 0.2) is 0 Å². The lowest BCUT2D eigenvalue weighted by Crippen LogP contribution is -2.25. The molecule has 1 aliphatic heterocycles. The molecule has 1 aromatic heterocycles. The van der Waals surface area contributed by atoms with Crippen LogP contribution in [0.1, 0.15) is 55.9 Å². The second-order valence-electron chi connectivity index (χ2n) is 5.03. The second kappa shape index (κ2) is 3.34. The van der Waals surface area contributed by atoms with Crippen molar-refractivity contribution < 1.29 is 0 Å². The monoisotopic (exact) mass is 205 g/mol. The third-order valence-corrected chi connectivity index (χ3v) is 3.41. The van der Waals surface area contributed by atoms with E-state index in [0.717, 1.165) is 25.4 Å². The number of imidazole rings is 1. The molecule has 1 N–H and O–H groups in total. The second-order valence-corrected chi connectivity index (χ2v) is 5.03. The summed E-state index contributed by atoms with van der Waals surface area (Å²) in [5.41, 5.74) is 2.79. The van der Waals surface area contributed by atoms with Crippen molar-refractivity contribution in [2.75, 3.05) is 6.54 Å². The smallest absolute Gasteiger partial charge is 0.112 e. The predicted octanol–water partition coefficient (Wildman–Crippen LogP) is 1.99. The lowest BCUT2D eigenvalue weighted by Gasteiger charge is -2.18. The highest BCUT2D eigenvalue weighted by Crippen LogP contribution is 2.41. The van der Waals surface area contributed by atoms with Crippen LogP contribution < -0.4 is 5.32 Å². The van der Waals surface area contributed by atoms with Gasteiger partial charge in [-0.05, 0) is 26.7 Å². The summed E-state index contributed by atoms with van der Waals surface area (Å²) in [6, 6.07) is 0.565. The first-order chi connectivity index (χ1) is 7.27. The van der Waals surface area contributed by atoms with Crippen molar-refractivity contribution in [1.82, 2.24) is 14.9 Å². The van der Waals surface area contributed by atoms with Crippen molar-refractivity contribution in [2.45, 2.75) is 51.6 Å². The average molecular weight is 205 g/mol. The molecule has 3 heteroatoms. The Morgan fingerprint density at radius 2 is 2.20 bits per heavy atom. The maximum atomic E-state index is 4.83. The third kappa shape index (κ3) is 1.49. The molecule has 0 spiro atoms. The molecule has 0 aromatic carbocycles. The standard InChI is InChI=1S/C12H19N3/c1-8(2)15-11-5-6-13-7-10(11)14-12(15)9-3-4-9/h8-9,13H,3-7H2,1-2H3. The number of fused-ring (bicyclic) bond motifs is 1. The highest BCUT2D eigenvalue weighted by Gasteiger charge is 2.32. The molecule has 3 rings (SSSR count). The molecule has 0 amide bonds. The Bertz CT molecular complexity index is 374. The van der Waals surface area contributed by atoms with Gasteiger partial charge in [0.1, 0.15) is 5.82 Å². The van der Waals surface area contributed by atoms with Crippen LogP contribution >= 0.6 is 0 Å². The molecule has 1 aliphatic carbocycles. The summed E-state index contributed by atoms with van der Waals surface area (Å²) in [4.78, 5) is 4.83. The quantitative estimate of drug-likeness (QED) is 0.800. The molecule has 1 saturated carbocycles. The van der Waals surface area contributed by atoms with Gasteiger partial charge >= 0.3 is 0 Å². The van der Waals surface area contributed by atoms with Gasteiger partial charge in [0.2, 0.25) is 0 Å². The summed E-state index contributed by atoms with van der Waals surface area (Å²) >= 11 is 0. The lowest BCUT2D eigenvalue weighted by atomic mass is 10.1. The first kappa shape index (κ1) is 9.40. The molecule has 1 fully saturated rings. The normalized spacial score (nSPS) is 20.7. The summed E-state index contributed by atoms with van der Waals surface area (Å²) in [7, 11) is 0. The van der Waals surface area contributed by atoms with Crippen LogP contribution in [0.4, 0.5) is 0 Å². The van der Waals surface area contributed by atoms with E-state index in [1.54, 1.807) is 0 Å². The van der Waals surface area contributed by atoms with Crippen molar-refractivity contribution >= 4 is 0 Å². The van der Waals surface area contributed by atoms with E-state index in [2.05, 4.69) is 23.7 Å². The van der Waals surface area contributed by atoms with Gasteiger partial charge < -0.3 is 9.88 Å². The summed E-state index contributed by atoms with van der Waals surface area (Å²) in [6.07, 6.45) is 3.83. The summed E-state index contributed by atoms with van der Waals surface area (Å²) in [5, 5.41) is 3.40. The minimum absolute atomic E-state index is 0.565. The molecule has 3 nitrogen and oxygen atoms in total. The Labute approximate surface area is 90.9 Å². The molecule has 0 radical (unpaired) electrons. The largest absolute Gasteiger partial charge is 0.329 e. The molecule has 2 heterocycles. The fourth-order valence-electron chi connectivity index (χ4n) is 2.56. The number of nitrogens with one attached hydrogen (secondary N) is 1. The number of rotatable bonds is 2. The van der Waals surface area contributed by atoms with Crippen molar-refractivity contribution in [3.05, 3.63) is 17.2 Å². The van der Waals surface area contributed by atoms with Crippen LogP contribution in [0.3, 0.4) is 0 Å². The van der Waals surface area contributed by atoms with Crippen LogP contribution in [0.5, 0.6) is 0 Å². The van der Waals surface area contributed by atoms with E-state index in [-0.39, 0.29) is 0 Å². The topological polar surface area (TPSA) is 29.9 Å². The Morgan fingerprint density at radius 3 is 2.87 bits per heavy atom. The van der Waals surface area contributed by atoms with Gasteiger partial charge in [0.15, 0.2) is 0 Å². The van der Waals surface area contributed by atoms with E-state index >= 15 is 0 Å². The predicted molar refractivity (Wildman–Crippen MR) is 60.0 cm³/mol. The summed E-state index contributed by atoms with van der Waals surface area (Å²) < 4.78 is 2.49. The number of hydrogen-bond acceptors (Lipinski definition) is 2. The van der Waals surface area contributed by atoms with Crippen LogP contribution in [-0.4, -0.2) is 16.1 Å². The zero-order chi connectivity index (χ0) is 10.4. The van der Waals surface area contributed by atoms with Gasteiger partial charge in [-0.1, -0.05) is 0 Å². The van der Waals surface area contributed by atoms with Gasteiger partial charge in [0.05, 0.1) is 5.69 Å². The minimum atomic E-state index is 0.565. The third-order valence-electron chi connectivity index (χ3n) is 3.41. The van der Waals surface area contributed by atoms with Crippen molar-refractivity contribution in [1.29, 1.82) is 0 Å². The number of aromatic nitrogens is 2. The summed E-state index contributed by atoms with van der Waals surface area (Å²) in [6.45, 7) is 6.62. The highest BCUT2D eigenvalue weighted by molar-refractivity contribution is 5.24. The lowest BCUT2D eigenvalue weighted by molar-refractivity contribution is 0.526. The van der Waals surface area contributed by atoms with Gasteiger partial charge in [-0.15, -0.1) is 0 Å². The first-order valence-corrected chi connectivity index (χ1v) is 6.08. The molecule has 15 heavy (non-hydrogen) atoms. The molecule has 2 aliphatic rings. The maximum Gasteiger partial charge on any atom is 0.112 e. The van der Waals surface area contributed by atoms with Gasteiger partial charge in [-0.25, -0.2) is 4.98 Å². The number of nitrogens with zero attached hydrogens (tertiary/aromatic N) is 2.